The lowest BCUT2D eigenvalue weighted by Gasteiger charge is -2.13. The molecular formula is C15H18FNO. The summed E-state index contributed by atoms with van der Waals surface area (Å²) in [6.45, 7) is 0. The van der Waals surface area contributed by atoms with Gasteiger partial charge in [-0.15, -0.1) is 0 Å². The molecule has 1 saturated carbocycles. The Kier molecular flexibility index (Phi) is 2.86. The fourth-order valence-corrected chi connectivity index (χ4v) is 3.20. The molecule has 3 rings (SSSR count). The van der Waals surface area contributed by atoms with E-state index in [2.05, 4.69) is 0 Å². The molecule has 96 valence electrons. The Hall–Kier alpha value is -1.35. The van der Waals surface area contributed by atoms with Crippen molar-refractivity contribution < 1.29 is 9.50 Å². The first-order valence-electron chi connectivity index (χ1n) is 6.57. The molecule has 1 fully saturated rings. The van der Waals surface area contributed by atoms with E-state index < -0.39 is 0 Å². The van der Waals surface area contributed by atoms with Crippen LogP contribution in [-0.4, -0.2) is 15.8 Å². The van der Waals surface area contributed by atoms with Crippen LogP contribution in [0.4, 0.5) is 4.39 Å². The number of aliphatic hydroxyl groups is 1. The van der Waals surface area contributed by atoms with Crippen LogP contribution in [-0.2, 0) is 13.5 Å². The number of benzene rings is 1. The SMILES string of the molecule is Cn1cc(CC2CCCC2O)c2cccc(F)c21. The van der Waals surface area contributed by atoms with E-state index >= 15 is 0 Å². The fourth-order valence-electron chi connectivity index (χ4n) is 3.20. The van der Waals surface area contributed by atoms with Crippen molar-refractivity contribution in [3.8, 4) is 0 Å². The van der Waals surface area contributed by atoms with Crippen LogP contribution < -0.4 is 0 Å². The predicted molar refractivity (Wildman–Crippen MR) is 69.9 cm³/mol. The second-order valence-electron chi connectivity index (χ2n) is 5.36. The molecule has 1 aliphatic carbocycles. The van der Waals surface area contributed by atoms with Gasteiger partial charge in [0.25, 0.3) is 0 Å². The van der Waals surface area contributed by atoms with Crippen LogP contribution >= 0.6 is 0 Å². The largest absolute Gasteiger partial charge is 0.393 e. The number of fused-ring (bicyclic) bond motifs is 1. The first-order chi connectivity index (χ1) is 8.66. The zero-order valence-corrected chi connectivity index (χ0v) is 10.6. The van der Waals surface area contributed by atoms with Crippen LogP contribution in [0.5, 0.6) is 0 Å². The minimum absolute atomic E-state index is 0.173. The molecule has 0 aliphatic heterocycles. The average Bonchev–Trinajstić information content (AvgIpc) is 2.87. The molecule has 2 unspecified atom stereocenters. The fraction of sp³-hybridized carbons (Fsp3) is 0.467. The van der Waals surface area contributed by atoms with Gasteiger partial charge in [-0.3, -0.25) is 0 Å². The van der Waals surface area contributed by atoms with E-state index in [9.17, 15) is 9.50 Å². The Morgan fingerprint density at radius 2 is 2.22 bits per heavy atom. The summed E-state index contributed by atoms with van der Waals surface area (Å²) in [6, 6.07) is 5.22. The first-order valence-corrected chi connectivity index (χ1v) is 6.57. The summed E-state index contributed by atoms with van der Waals surface area (Å²) in [5, 5.41) is 10.9. The average molecular weight is 247 g/mol. The Balaban J connectivity index is 2.00. The Labute approximate surface area is 106 Å². The number of rotatable bonds is 2. The summed E-state index contributed by atoms with van der Waals surface area (Å²) in [5.41, 5.74) is 1.82. The van der Waals surface area contributed by atoms with Crippen molar-refractivity contribution in [2.24, 2.45) is 13.0 Å². The van der Waals surface area contributed by atoms with Crippen molar-refractivity contribution in [2.45, 2.75) is 31.8 Å². The molecule has 1 aromatic heterocycles. The number of aryl methyl sites for hydroxylation is 1. The number of hydrogen-bond acceptors (Lipinski definition) is 1. The van der Waals surface area contributed by atoms with Crippen LogP contribution in [0.2, 0.25) is 0 Å². The monoisotopic (exact) mass is 247 g/mol. The quantitative estimate of drug-likeness (QED) is 0.867. The molecule has 0 spiro atoms. The molecule has 2 aromatic rings. The minimum Gasteiger partial charge on any atom is -0.393 e. The third-order valence-corrected chi connectivity index (χ3v) is 4.14. The number of aliphatic hydroxyl groups excluding tert-OH is 1. The highest BCUT2D eigenvalue weighted by molar-refractivity contribution is 5.84. The molecule has 1 N–H and O–H groups in total. The number of hydrogen-bond donors (Lipinski definition) is 1. The molecule has 1 aliphatic rings. The van der Waals surface area contributed by atoms with Crippen LogP contribution in [0.25, 0.3) is 10.9 Å². The van der Waals surface area contributed by atoms with Crippen molar-refractivity contribution in [1.82, 2.24) is 4.57 Å². The van der Waals surface area contributed by atoms with Gasteiger partial charge in [0.05, 0.1) is 11.6 Å². The number of aromatic nitrogens is 1. The smallest absolute Gasteiger partial charge is 0.147 e. The van der Waals surface area contributed by atoms with Crippen LogP contribution in [0.15, 0.2) is 24.4 Å². The summed E-state index contributed by atoms with van der Waals surface area (Å²) >= 11 is 0. The highest BCUT2D eigenvalue weighted by atomic mass is 19.1. The van der Waals surface area contributed by atoms with E-state index in [-0.39, 0.29) is 11.9 Å². The topological polar surface area (TPSA) is 25.2 Å². The number of halogens is 1. The lowest BCUT2D eigenvalue weighted by atomic mass is 9.96. The van der Waals surface area contributed by atoms with Crippen molar-refractivity contribution in [3.05, 3.63) is 35.8 Å². The Morgan fingerprint density at radius 1 is 1.39 bits per heavy atom. The van der Waals surface area contributed by atoms with Gasteiger partial charge in [0.1, 0.15) is 5.82 Å². The molecule has 0 bridgehead atoms. The van der Waals surface area contributed by atoms with Crippen LogP contribution in [0, 0.1) is 11.7 Å². The predicted octanol–water partition coefficient (Wildman–Crippen LogP) is 3.02. The minimum atomic E-state index is -0.186. The van der Waals surface area contributed by atoms with Crippen LogP contribution in [0.1, 0.15) is 24.8 Å². The van der Waals surface area contributed by atoms with Gasteiger partial charge in [0, 0.05) is 18.6 Å². The second kappa shape index (κ2) is 4.39. The summed E-state index contributed by atoms with van der Waals surface area (Å²) in [4.78, 5) is 0. The lowest BCUT2D eigenvalue weighted by molar-refractivity contribution is 0.133. The maximum absolute atomic E-state index is 13.8. The molecular weight excluding hydrogens is 229 g/mol. The molecule has 1 aromatic carbocycles. The van der Waals surface area contributed by atoms with Crippen molar-refractivity contribution >= 4 is 10.9 Å². The van der Waals surface area contributed by atoms with Crippen molar-refractivity contribution in [1.29, 1.82) is 0 Å². The summed E-state index contributed by atoms with van der Waals surface area (Å²) < 4.78 is 15.6. The highest BCUT2D eigenvalue weighted by Crippen LogP contribution is 2.32. The van der Waals surface area contributed by atoms with E-state index in [1.165, 1.54) is 6.07 Å². The van der Waals surface area contributed by atoms with Gasteiger partial charge in [-0.25, -0.2) is 4.39 Å². The normalized spacial score (nSPS) is 23.9. The number of para-hydroxylation sites is 1. The maximum atomic E-state index is 13.8. The Bertz CT molecular complexity index is 575. The third-order valence-electron chi connectivity index (χ3n) is 4.14. The third kappa shape index (κ3) is 1.83. The van der Waals surface area contributed by atoms with E-state index in [0.29, 0.717) is 11.4 Å². The van der Waals surface area contributed by atoms with Crippen molar-refractivity contribution in [2.75, 3.05) is 0 Å². The zero-order chi connectivity index (χ0) is 12.7. The molecule has 1 heterocycles. The zero-order valence-electron chi connectivity index (χ0n) is 10.6. The Morgan fingerprint density at radius 3 is 2.94 bits per heavy atom. The van der Waals surface area contributed by atoms with E-state index in [4.69, 9.17) is 0 Å². The standard InChI is InChI=1S/C15H18FNO/c1-17-9-11(8-10-4-2-7-14(10)18)12-5-3-6-13(16)15(12)17/h3,5-6,9-10,14,18H,2,4,7-8H2,1H3. The maximum Gasteiger partial charge on any atom is 0.147 e. The summed E-state index contributed by atoms with van der Waals surface area (Å²) in [7, 11) is 1.87. The molecule has 2 atom stereocenters. The van der Waals surface area contributed by atoms with E-state index in [1.54, 1.807) is 6.07 Å². The molecule has 0 saturated heterocycles. The first kappa shape index (κ1) is 11.7. The highest BCUT2D eigenvalue weighted by Gasteiger charge is 2.26. The number of nitrogens with zero attached hydrogens (tertiary/aromatic N) is 1. The van der Waals surface area contributed by atoms with Gasteiger partial charge >= 0.3 is 0 Å². The van der Waals surface area contributed by atoms with Gasteiger partial charge in [-0.1, -0.05) is 18.6 Å². The van der Waals surface area contributed by atoms with Gasteiger partial charge < -0.3 is 9.67 Å². The molecule has 18 heavy (non-hydrogen) atoms. The molecule has 0 radical (unpaired) electrons. The van der Waals surface area contributed by atoms with Crippen molar-refractivity contribution in [3.63, 3.8) is 0 Å². The van der Waals surface area contributed by atoms with Gasteiger partial charge in [-0.2, -0.15) is 0 Å². The van der Waals surface area contributed by atoms with E-state index in [1.807, 2.05) is 23.9 Å². The lowest BCUT2D eigenvalue weighted by Crippen LogP contribution is -2.15. The van der Waals surface area contributed by atoms with Crippen LogP contribution in [0.3, 0.4) is 0 Å². The molecule has 0 amide bonds. The summed E-state index contributed by atoms with van der Waals surface area (Å²) in [6.07, 6.45) is 5.75. The molecule has 2 nitrogen and oxygen atoms in total. The van der Waals surface area contributed by atoms with Gasteiger partial charge in [0.15, 0.2) is 0 Å². The summed E-state index contributed by atoms with van der Waals surface area (Å²) in [5.74, 6) is 0.159. The van der Waals surface area contributed by atoms with Gasteiger partial charge in [0.2, 0.25) is 0 Å². The molecule has 3 heteroatoms. The second-order valence-corrected chi connectivity index (χ2v) is 5.36. The van der Waals surface area contributed by atoms with Gasteiger partial charge in [-0.05, 0) is 36.8 Å². The van der Waals surface area contributed by atoms with E-state index in [0.717, 1.165) is 36.6 Å².